The molecule has 0 N–H and O–H groups in total. The van der Waals surface area contributed by atoms with Crippen LogP contribution in [0, 0.1) is 5.92 Å². The maximum absolute atomic E-state index is 5.62. The Balaban J connectivity index is 2.49. The fraction of sp³-hybridized carbons (Fsp3) is 1.00. The smallest absolute Gasteiger partial charge is 0.283 e. The van der Waals surface area contributed by atoms with Crippen LogP contribution in [-0.4, -0.2) is 25.8 Å². The van der Waals surface area contributed by atoms with Gasteiger partial charge >= 0.3 is 0 Å². The van der Waals surface area contributed by atoms with Gasteiger partial charge in [0.25, 0.3) is 5.97 Å². The van der Waals surface area contributed by atoms with Gasteiger partial charge in [-0.15, -0.1) is 0 Å². The predicted molar refractivity (Wildman–Crippen MR) is 55.0 cm³/mol. The van der Waals surface area contributed by atoms with Crippen LogP contribution in [0.25, 0.3) is 0 Å². The van der Waals surface area contributed by atoms with Crippen molar-refractivity contribution in [3.05, 3.63) is 0 Å². The van der Waals surface area contributed by atoms with E-state index in [1.807, 2.05) is 20.8 Å². The van der Waals surface area contributed by atoms with Crippen LogP contribution in [0.3, 0.4) is 0 Å². The van der Waals surface area contributed by atoms with E-state index < -0.39 is 5.97 Å². The van der Waals surface area contributed by atoms with Crippen molar-refractivity contribution in [1.29, 1.82) is 0 Å². The Bertz CT molecular complexity index is 138. The first kappa shape index (κ1) is 12.0. The van der Waals surface area contributed by atoms with Crippen molar-refractivity contribution in [3.63, 3.8) is 0 Å². The average molecular weight is 202 g/mol. The normalized spacial score (nSPS) is 17.4. The van der Waals surface area contributed by atoms with Crippen LogP contribution in [0.1, 0.15) is 40.0 Å². The molecule has 0 heterocycles. The van der Waals surface area contributed by atoms with Crippen molar-refractivity contribution in [2.24, 2.45) is 5.92 Å². The van der Waals surface area contributed by atoms with E-state index >= 15 is 0 Å². The van der Waals surface area contributed by atoms with E-state index in [0.717, 1.165) is 12.3 Å². The Morgan fingerprint density at radius 1 is 0.929 bits per heavy atom. The zero-order chi connectivity index (χ0) is 10.4. The number of hydrogen-bond acceptors (Lipinski definition) is 3. The summed E-state index contributed by atoms with van der Waals surface area (Å²) in [6.45, 7) is 7.81. The van der Waals surface area contributed by atoms with Crippen LogP contribution in [0.4, 0.5) is 0 Å². The van der Waals surface area contributed by atoms with Gasteiger partial charge in [0.05, 0.1) is 0 Å². The van der Waals surface area contributed by atoms with Gasteiger partial charge in [0.2, 0.25) is 0 Å². The van der Waals surface area contributed by atoms with Gasteiger partial charge in [-0.1, -0.05) is 0 Å². The van der Waals surface area contributed by atoms with Crippen LogP contribution in [-0.2, 0) is 14.2 Å². The standard InChI is InChI=1S/C11H22O3/c1-4-12-11(13-5-2,14-6-3)9-10-7-8-10/h10H,4-9H2,1-3H3. The Hall–Kier alpha value is -0.120. The molecule has 0 spiro atoms. The molecule has 0 saturated heterocycles. The molecule has 3 nitrogen and oxygen atoms in total. The topological polar surface area (TPSA) is 27.7 Å². The Kier molecular flexibility index (Phi) is 4.85. The summed E-state index contributed by atoms with van der Waals surface area (Å²) >= 11 is 0. The van der Waals surface area contributed by atoms with Crippen LogP contribution < -0.4 is 0 Å². The molecule has 0 aromatic carbocycles. The fourth-order valence-corrected chi connectivity index (χ4v) is 1.64. The molecule has 0 radical (unpaired) electrons. The largest absolute Gasteiger partial charge is 0.328 e. The lowest BCUT2D eigenvalue weighted by atomic mass is 10.2. The van der Waals surface area contributed by atoms with E-state index in [0.29, 0.717) is 19.8 Å². The van der Waals surface area contributed by atoms with Crippen molar-refractivity contribution in [2.45, 2.75) is 46.0 Å². The molecule has 1 aliphatic carbocycles. The fourth-order valence-electron chi connectivity index (χ4n) is 1.64. The second kappa shape index (κ2) is 5.69. The second-order valence-electron chi connectivity index (χ2n) is 3.63. The molecular weight excluding hydrogens is 180 g/mol. The predicted octanol–water partition coefficient (Wildman–Crippen LogP) is 2.55. The van der Waals surface area contributed by atoms with E-state index in [4.69, 9.17) is 14.2 Å². The summed E-state index contributed by atoms with van der Waals surface area (Å²) in [7, 11) is 0. The van der Waals surface area contributed by atoms with Crippen molar-refractivity contribution < 1.29 is 14.2 Å². The van der Waals surface area contributed by atoms with Crippen LogP contribution in [0.15, 0.2) is 0 Å². The van der Waals surface area contributed by atoms with Crippen molar-refractivity contribution in [2.75, 3.05) is 19.8 Å². The summed E-state index contributed by atoms with van der Waals surface area (Å²) < 4.78 is 16.9. The molecule has 0 bridgehead atoms. The van der Waals surface area contributed by atoms with Crippen molar-refractivity contribution in [3.8, 4) is 0 Å². The lowest BCUT2D eigenvalue weighted by molar-refractivity contribution is -0.381. The minimum atomic E-state index is -0.764. The number of hydrogen-bond donors (Lipinski definition) is 0. The molecule has 0 atom stereocenters. The SMILES string of the molecule is CCOC(CC1CC1)(OCC)OCC. The summed E-state index contributed by atoms with van der Waals surface area (Å²) in [5, 5.41) is 0. The summed E-state index contributed by atoms with van der Waals surface area (Å²) in [6, 6.07) is 0. The first-order valence-electron chi connectivity index (χ1n) is 5.68. The van der Waals surface area contributed by atoms with Gasteiger partial charge in [0.1, 0.15) is 0 Å². The van der Waals surface area contributed by atoms with E-state index in [-0.39, 0.29) is 0 Å². The third-order valence-corrected chi connectivity index (χ3v) is 2.33. The van der Waals surface area contributed by atoms with Gasteiger partial charge in [-0.2, -0.15) is 0 Å². The minimum absolute atomic E-state index is 0.632. The molecule has 0 aromatic rings. The van der Waals surface area contributed by atoms with Crippen LogP contribution >= 0.6 is 0 Å². The first-order chi connectivity index (χ1) is 6.76. The molecule has 1 aliphatic rings. The van der Waals surface area contributed by atoms with Crippen molar-refractivity contribution in [1.82, 2.24) is 0 Å². The highest BCUT2D eigenvalue weighted by Crippen LogP contribution is 2.39. The van der Waals surface area contributed by atoms with Gasteiger partial charge < -0.3 is 14.2 Å². The molecule has 0 aliphatic heterocycles. The summed E-state index contributed by atoms with van der Waals surface area (Å²) in [6.07, 6.45) is 3.45. The van der Waals surface area contributed by atoms with Crippen molar-refractivity contribution >= 4 is 0 Å². The second-order valence-corrected chi connectivity index (χ2v) is 3.63. The highest BCUT2D eigenvalue weighted by Gasteiger charge is 2.39. The third-order valence-electron chi connectivity index (χ3n) is 2.33. The summed E-state index contributed by atoms with van der Waals surface area (Å²) in [5.74, 6) is -0.0287. The van der Waals surface area contributed by atoms with Gasteiger partial charge in [0.15, 0.2) is 0 Å². The van der Waals surface area contributed by atoms with E-state index in [1.54, 1.807) is 0 Å². The molecule has 3 heteroatoms. The first-order valence-corrected chi connectivity index (χ1v) is 5.68. The highest BCUT2D eigenvalue weighted by atomic mass is 16.9. The summed E-state index contributed by atoms with van der Waals surface area (Å²) in [5.41, 5.74) is 0. The number of ether oxygens (including phenoxy) is 3. The monoisotopic (exact) mass is 202 g/mol. The van der Waals surface area contributed by atoms with Gasteiger partial charge in [-0.05, 0) is 39.5 Å². The zero-order valence-electron chi connectivity index (χ0n) is 9.54. The molecule has 0 amide bonds. The maximum Gasteiger partial charge on any atom is 0.283 e. The quantitative estimate of drug-likeness (QED) is 0.566. The van der Waals surface area contributed by atoms with E-state index in [1.165, 1.54) is 12.8 Å². The molecule has 84 valence electrons. The molecule has 1 fully saturated rings. The molecule has 1 saturated carbocycles. The molecular formula is C11H22O3. The Labute approximate surface area is 86.7 Å². The van der Waals surface area contributed by atoms with Gasteiger partial charge in [0, 0.05) is 26.2 Å². The van der Waals surface area contributed by atoms with Gasteiger partial charge in [-0.25, -0.2) is 0 Å². The lowest BCUT2D eigenvalue weighted by Crippen LogP contribution is -2.40. The highest BCUT2D eigenvalue weighted by molar-refractivity contribution is 4.77. The Morgan fingerprint density at radius 2 is 1.36 bits per heavy atom. The maximum atomic E-state index is 5.62. The lowest BCUT2D eigenvalue weighted by Gasteiger charge is -2.32. The molecule has 1 rings (SSSR count). The van der Waals surface area contributed by atoms with Gasteiger partial charge in [-0.3, -0.25) is 0 Å². The number of rotatable bonds is 8. The Morgan fingerprint density at radius 3 is 1.64 bits per heavy atom. The van der Waals surface area contributed by atoms with E-state index in [2.05, 4.69) is 0 Å². The third kappa shape index (κ3) is 3.56. The zero-order valence-corrected chi connectivity index (χ0v) is 9.54. The molecule has 0 aromatic heterocycles. The average Bonchev–Trinajstić information content (AvgIpc) is 2.89. The summed E-state index contributed by atoms with van der Waals surface area (Å²) in [4.78, 5) is 0. The van der Waals surface area contributed by atoms with Crippen LogP contribution in [0.2, 0.25) is 0 Å². The minimum Gasteiger partial charge on any atom is -0.328 e. The molecule has 0 unspecified atom stereocenters. The van der Waals surface area contributed by atoms with E-state index in [9.17, 15) is 0 Å². The molecule has 14 heavy (non-hydrogen) atoms. The van der Waals surface area contributed by atoms with Crippen LogP contribution in [0.5, 0.6) is 0 Å².